The Bertz CT molecular complexity index is 1200. The Morgan fingerprint density at radius 2 is 1.85 bits per heavy atom. The molecule has 34 heavy (non-hydrogen) atoms. The molecule has 1 aliphatic heterocycles. The summed E-state index contributed by atoms with van der Waals surface area (Å²) in [5.74, 6) is -2.92. The summed E-state index contributed by atoms with van der Waals surface area (Å²) in [5, 5.41) is 5.71. The average Bonchev–Trinajstić information content (AvgIpc) is 2.78. The second-order valence-corrected chi connectivity index (χ2v) is 8.33. The number of nitrogens with zero attached hydrogens (tertiary/aromatic N) is 2. The highest BCUT2D eigenvalue weighted by molar-refractivity contribution is 5.96. The van der Waals surface area contributed by atoms with Crippen LogP contribution in [0.25, 0.3) is 11.3 Å². The number of aromatic nitrogens is 2. The third-order valence-electron chi connectivity index (χ3n) is 5.60. The Kier molecular flexibility index (Phi) is 6.54. The van der Waals surface area contributed by atoms with Crippen LogP contribution in [0.3, 0.4) is 0 Å². The number of anilines is 1. The van der Waals surface area contributed by atoms with Crippen LogP contribution >= 0.6 is 0 Å². The van der Waals surface area contributed by atoms with Gasteiger partial charge in [0.05, 0.1) is 11.8 Å². The SMILES string of the molecule is CC1CNCC(C)(c2nc(C(=O)NCc3c(F)cccc3F)c(N)nc2-c2ccc(F)cc2)O1. The number of nitrogens with one attached hydrogen (secondary N) is 2. The summed E-state index contributed by atoms with van der Waals surface area (Å²) in [7, 11) is 0. The highest BCUT2D eigenvalue weighted by Crippen LogP contribution is 2.35. The van der Waals surface area contributed by atoms with Gasteiger partial charge in [-0.2, -0.15) is 0 Å². The van der Waals surface area contributed by atoms with Crippen molar-refractivity contribution in [1.29, 1.82) is 0 Å². The van der Waals surface area contributed by atoms with Crippen molar-refractivity contribution in [3.05, 3.63) is 76.9 Å². The third kappa shape index (κ3) is 4.73. The molecule has 3 aromatic rings. The number of amides is 1. The lowest BCUT2D eigenvalue weighted by Gasteiger charge is -2.38. The first-order valence-electron chi connectivity index (χ1n) is 10.7. The smallest absolute Gasteiger partial charge is 0.274 e. The van der Waals surface area contributed by atoms with Crippen molar-refractivity contribution >= 4 is 11.7 Å². The Balaban J connectivity index is 1.74. The van der Waals surface area contributed by atoms with Crippen LogP contribution in [0.5, 0.6) is 0 Å². The zero-order chi connectivity index (χ0) is 24.5. The van der Waals surface area contributed by atoms with Crippen LogP contribution in [0.2, 0.25) is 0 Å². The largest absolute Gasteiger partial charge is 0.382 e. The lowest BCUT2D eigenvalue weighted by atomic mass is 9.94. The molecule has 1 fully saturated rings. The standard InChI is InChI=1S/C24H24F3N5O2/c1-13-10-29-12-24(2,34-13)21-19(14-6-8-15(25)9-7-14)32-22(28)20(31-21)23(33)30-11-16-17(26)4-3-5-18(16)27/h3-9,13,29H,10-12H2,1-2H3,(H2,28,32)(H,30,33). The zero-order valence-corrected chi connectivity index (χ0v) is 18.7. The fourth-order valence-corrected chi connectivity index (χ4v) is 3.93. The van der Waals surface area contributed by atoms with Crippen LogP contribution in [0.1, 0.15) is 35.6 Å². The van der Waals surface area contributed by atoms with Crippen LogP contribution in [-0.2, 0) is 16.9 Å². The number of ether oxygens (including phenoxy) is 1. The van der Waals surface area contributed by atoms with Gasteiger partial charge in [-0.05, 0) is 50.2 Å². The van der Waals surface area contributed by atoms with E-state index in [0.717, 1.165) is 12.1 Å². The number of carbonyl (C=O) groups is 1. The molecule has 0 radical (unpaired) electrons. The molecule has 1 aliphatic rings. The molecule has 10 heteroatoms. The van der Waals surface area contributed by atoms with Crippen LogP contribution in [-0.4, -0.2) is 35.1 Å². The quantitative estimate of drug-likeness (QED) is 0.528. The maximum atomic E-state index is 14.0. The molecule has 4 N–H and O–H groups in total. The number of carbonyl (C=O) groups excluding carboxylic acids is 1. The minimum atomic E-state index is -0.977. The molecule has 0 aliphatic carbocycles. The number of morpholine rings is 1. The van der Waals surface area contributed by atoms with E-state index in [2.05, 4.69) is 20.6 Å². The molecule has 0 bridgehead atoms. The lowest BCUT2D eigenvalue weighted by molar-refractivity contribution is -0.105. The minimum absolute atomic E-state index is 0.152. The van der Waals surface area contributed by atoms with E-state index in [-0.39, 0.29) is 23.2 Å². The number of hydrogen-bond donors (Lipinski definition) is 3. The van der Waals surface area contributed by atoms with E-state index in [1.54, 1.807) is 6.92 Å². The molecular formula is C24H24F3N5O2. The second kappa shape index (κ2) is 9.40. The van der Waals surface area contributed by atoms with Gasteiger partial charge in [0.15, 0.2) is 11.5 Å². The first kappa shape index (κ1) is 23.7. The van der Waals surface area contributed by atoms with Crippen molar-refractivity contribution in [3.63, 3.8) is 0 Å². The number of halogens is 3. The number of nitrogen functional groups attached to an aromatic ring is 1. The fraction of sp³-hybridized carbons (Fsp3) is 0.292. The second-order valence-electron chi connectivity index (χ2n) is 8.33. The van der Waals surface area contributed by atoms with Crippen molar-refractivity contribution in [2.45, 2.75) is 32.1 Å². The summed E-state index contributed by atoms with van der Waals surface area (Å²) in [6, 6.07) is 9.07. The maximum absolute atomic E-state index is 14.0. The molecule has 2 unspecified atom stereocenters. The molecule has 4 rings (SSSR count). The minimum Gasteiger partial charge on any atom is -0.382 e. The van der Waals surface area contributed by atoms with Crippen molar-refractivity contribution in [2.75, 3.05) is 18.8 Å². The van der Waals surface area contributed by atoms with E-state index in [0.29, 0.717) is 30.0 Å². The summed E-state index contributed by atoms with van der Waals surface area (Å²) in [5.41, 5.74) is 5.81. The van der Waals surface area contributed by atoms with E-state index in [9.17, 15) is 18.0 Å². The zero-order valence-electron chi connectivity index (χ0n) is 18.7. The van der Waals surface area contributed by atoms with Crippen molar-refractivity contribution < 1.29 is 22.7 Å². The maximum Gasteiger partial charge on any atom is 0.274 e. The van der Waals surface area contributed by atoms with E-state index in [1.807, 2.05) is 6.92 Å². The van der Waals surface area contributed by atoms with Crippen LogP contribution in [0, 0.1) is 17.5 Å². The van der Waals surface area contributed by atoms with Gasteiger partial charge < -0.3 is 21.1 Å². The summed E-state index contributed by atoms with van der Waals surface area (Å²) in [4.78, 5) is 21.8. The van der Waals surface area contributed by atoms with E-state index in [1.165, 1.54) is 30.3 Å². The van der Waals surface area contributed by atoms with Gasteiger partial charge in [-0.25, -0.2) is 23.1 Å². The van der Waals surface area contributed by atoms with Gasteiger partial charge in [0.1, 0.15) is 28.7 Å². The Morgan fingerprint density at radius 3 is 2.50 bits per heavy atom. The first-order valence-corrected chi connectivity index (χ1v) is 10.7. The third-order valence-corrected chi connectivity index (χ3v) is 5.60. The molecule has 2 heterocycles. The van der Waals surface area contributed by atoms with Gasteiger partial charge in [-0.15, -0.1) is 0 Å². The van der Waals surface area contributed by atoms with Gasteiger partial charge in [-0.3, -0.25) is 4.79 Å². The topological polar surface area (TPSA) is 102 Å². The Hall–Kier alpha value is -3.50. The van der Waals surface area contributed by atoms with Crippen molar-refractivity contribution in [2.24, 2.45) is 0 Å². The summed E-state index contributed by atoms with van der Waals surface area (Å²) >= 11 is 0. The predicted molar refractivity (Wildman–Crippen MR) is 120 cm³/mol. The molecule has 0 spiro atoms. The Labute approximate surface area is 194 Å². The number of hydrogen-bond acceptors (Lipinski definition) is 6. The number of nitrogens with two attached hydrogens (primary N) is 1. The van der Waals surface area contributed by atoms with Gasteiger partial charge in [0.25, 0.3) is 5.91 Å². The summed E-state index contributed by atoms with van der Waals surface area (Å²) in [6.07, 6.45) is -0.152. The first-order chi connectivity index (χ1) is 16.2. The molecule has 1 amide bonds. The van der Waals surface area contributed by atoms with Crippen LogP contribution in [0.4, 0.5) is 19.0 Å². The summed E-state index contributed by atoms with van der Waals surface area (Å²) < 4.78 is 47.6. The number of benzene rings is 2. The lowest BCUT2D eigenvalue weighted by Crippen LogP contribution is -2.50. The molecule has 2 atom stereocenters. The molecule has 1 saturated heterocycles. The molecule has 1 aromatic heterocycles. The predicted octanol–water partition coefficient (Wildman–Crippen LogP) is 3.30. The fourth-order valence-electron chi connectivity index (χ4n) is 3.93. The van der Waals surface area contributed by atoms with Gasteiger partial charge >= 0.3 is 0 Å². The normalized spacial score (nSPS) is 20.2. The highest BCUT2D eigenvalue weighted by atomic mass is 19.1. The number of rotatable bonds is 5. The van der Waals surface area contributed by atoms with E-state index < -0.39 is 35.5 Å². The highest BCUT2D eigenvalue weighted by Gasteiger charge is 2.38. The van der Waals surface area contributed by atoms with E-state index in [4.69, 9.17) is 10.5 Å². The molecule has 0 saturated carbocycles. The molecular weight excluding hydrogens is 447 g/mol. The summed E-state index contributed by atoms with van der Waals surface area (Å²) in [6.45, 7) is 4.31. The van der Waals surface area contributed by atoms with Crippen molar-refractivity contribution in [1.82, 2.24) is 20.6 Å². The van der Waals surface area contributed by atoms with Gasteiger partial charge in [-0.1, -0.05) is 6.07 Å². The van der Waals surface area contributed by atoms with Gasteiger partial charge in [0, 0.05) is 30.8 Å². The van der Waals surface area contributed by atoms with Gasteiger partial charge in [0.2, 0.25) is 0 Å². The molecule has 178 valence electrons. The average molecular weight is 471 g/mol. The molecule has 7 nitrogen and oxygen atoms in total. The van der Waals surface area contributed by atoms with Crippen molar-refractivity contribution in [3.8, 4) is 11.3 Å². The van der Waals surface area contributed by atoms with E-state index >= 15 is 0 Å². The van der Waals surface area contributed by atoms with Crippen LogP contribution in [0.15, 0.2) is 42.5 Å². The molecule has 2 aromatic carbocycles. The monoisotopic (exact) mass is 471 g/mol. The van der Waals surface area contributed by atoms with Crippen LogP contribution < -0.4 is 16.4 Å². The Morgan fingerprint density at radius 1 is 1.18 bits per heavy atom.